The van der Waals surface area contributed by atoms with Crippen LogP contribution in [0.2, 0.25) is 0 Å². The van der Waals surface area contributed by atoms with E-state index in [9.17, 15) is 0 Å². The number of hydrogen-bond acceptors (Lipinski definition) is 6. The number of anilines is 6. The first-order chi connectivity index (χ1) is 37.0. The van der Waals surface area contributed by atoms with Crippen LogP contribution in [0.5, 0.6) is 0 Å². The number of nitrogens with zero attached hydrogens (tertiary/aromatic N) is 6. The summed E-state index contributed by atoms with van der Waals surface area (Å²) in [5.41, 5.74) is 9.49. The summed E-state index contributed by atoms with van der Waals surface area (Å²) in [7, 11) is -6.13. The van der Waals surface area contributed by atoms with E-state index < -0.39 is 16.1 Å². The van der Waals surface area contributed by atoms with Crippen LogP contribution in [0.4, 0.5) is 34.1 Å². The summed E-state index contributed by atoms with van der Waals surface area (Å²) in [5, 5.41) is 17.6. The summed E-state index contributed by atoms with van der Waals surface area (Å²) in [6, 6.07) is 73.6. The zero-order chi connectivity index (χ0) is 49.8. The van der Waals surface area contributed by atoms with Crippen LogP contribution in [0, 0.1) is 13.8 Å². The molecule has 0 unspecified atom stereocenters. The Hall–Kier alpha value is -8.57. The molecule has 0 radical (unpaired) electrons. The van der Waals surface area contributed by atoms with Crippen LogP contribution >= 0.6 is 0 Å². The summed E-state index contributed by atoms with van der Waals surface area (Å²) in [4.78, 5) is 24.6. The minimum atomic E-state index is -3.13. The van der Waals surface area contributed by atoms with E-state index in [1.807, 2.05) is 24.8 Å². The van der Waals surface area contributed by atoms with E-state index in [4.69, 9.17) is 19.9 Å². The summed E-state index contributed by atoms with van der Waals surface area (Å²) in [6.07, 6.45) is 16.0. The van der Waals surface area contributed by atoms with E-state index in [-0.39, 0.29) is 14.5 Å². The van der Waals surface area contributed by atoms with Crippen molar-refractivity contribution in [3.05, 3.63) is 255 Å². The van der Waals surface area contributed by atoms with Crippen molar-refractivity contribution < 1.29 is 0 Å². The molecule has 15 rings (SSSR count). The van der Waals surface area contributed by atoms with Gasteiger partial charge in [-0.3, -0.25) is 9.97 Å². The van der Waals surface area contributed by atoms with Crippen molar-refractivity contribution in [1.29, 1.82) is 0 Å². The van der Waals surface area contributed by atoms with Gasteiger partial charge in [0.15, 0.2) is 0 Å². The number of para-hydroxylation sites is 3. The maximum atomic E-state index is 4.89. The minimum absolute atomic E-state index is 0.122. The van der Waals surface area contributed by atoms with Crippen LogP contribution in [-0.4, -0.2) is 50.6 Å². The molecule has 0 aliphatic carbocycles. The van der Waals surface area contributed by atoms with Gasteiger partial charge in [0.25, 0.3) is 0 Å². The van der Waals surface area contributed by atoms with Gasteiger partial charge in [-0.05, 0) is 22.5 Å². The van der Waals surface area contributed by atoms with Crippen LogP contribution in [0.3, 0.4) is 0 Å². The second-order valence-electron chi connectivity index (χ2n) is 19.9. The van der Waals surface area contributed by atoms with E-state index in [0.717, 1.165) is 0 Å². The van der Waals surface area contributed by atoms with Gasteiger partial charge < -0.3 is 0 Å². The Morgan fingerprint density at radius 3 is 1.19 bits per heavy atom. The normalized spacial score (nSPS) is 14.2. The quantitative estimate of drug-likeness (QED) is 0.122. The molecule has 0 atom stereocenters. The average molecular weight is 1060 g/mol. The zero-order valence-corrected chi connectivity index (χ0v) is 44.9. The van der Waals surface area contributed by atoms with Gasteiger partial charge in [-0.15, -0.1) is 0 Å². The third kappa shape index (κ3) is 6.24. The molecule has 5 aromatic heterocycles. The zero-order valence-electron chi connectivity index (χ0n) is 41.2. The van der Waals surface area contributed by atoms with Gasteiger partial charge in [0.1, 0.15) is 0 Å². The van der Waals surface area contributed by atoms with E-state index in [1.165, 1.54) is 128 Å². The molecule has 2 aliphatic heterocycles. The summed E-state index contributed by atoms with van der Waals surface area (Å²) < 4.78 is 2.83. The Morgan fingerprint density at radius 1 is 0.320 bits per heavy atom. The third-order valence-corrected chi connectivity index (χ3v) is 27.9. The van der Waals surface area contributed by atoms with E-state index in [0.29, 0.717) is 0 Å². The van der Waals surface area contributed by atoms with Crippen LogP contribution in [0.25, 0.3) is 40.8 Å². The van der Waals surface area contributed by atoms with Crippen LogP contribution in [0.15, 0.2) is 244 Å². The molecule has 75 heavy (non-hydrogen) atoms. The fraction of sp³-hybridized carbons (Fsp3) is 0.0303. The van der Waals surface area contributed by atoms with Gasteiger partial charge in [0, 0.05) is 24.8 Å². The molecule has 0 saturated heterocycles. The van der Waals surface area contributed by atoms with Gasteiger partial charge in [-0.25, -0.2) is 0 Å². The number of aryl methyl sites for hydroxylation is 2. The number of aromatic nitrogens is 4. The van der Waals surface area contributed by atoms with Crippen molar-refractivity contribution in [1.82, 2.24) is 19.9 Å². The van der Waals surface area contributed by atoms with Crippen molar-refractivity contribution in [2.75, 3.05) is 9.80 Å². The predicted molar refractivity (Wildman–Crippen MR) is 318 cm³/mol. The second-order valence-corrected chi connectivity index (χ2v) is 29.7. The molecule has 7 heterocycles. The molecule has 0 N–H and O–H groups in total. The summed E-state index contributed by atoms with van der Waals surface area (Å²) in [6.45, 7) is 4.47. The van der Waals surface area contributed by atoms with Crippen molar-refractivity contribution in [2.45, 2.75) is 13.8 Å². The fourth-order valence-corrected chi connectivity index (χ4v) is 25.3. The second kappa shape index (κ2) is 17.0. The first-order valence-corrected chi connectivity index (χ1v) is 31.2. The van der Waals surface area contributed by atoms with Crippen molar-refractivity contribution in [2.24, 2.45) is 0 Å². The van der Waals surface area contributed by atoms with Crippen LogP contribution in [-0.2, 0) is 0 Å². The Kier molecular flexibility index (Phi) is 9.96. The Bertz CT molecular complexity index is 4290. The molecule has 354 valence electrons. The number of benzene rings is 8. The topological polar surface area (TPSA) is 58.0 Å². The van der Waals surface area contributed by atoms with Gasteiger partial charge in [-0.1, -0.05) is 24.3 Å². The van der Waals surface area contributed by atoms with E-state index >= 15 is 0 Å². The number of rotatable bonds is 6. The Balaban J connectivity index is 1.09. The van der Waals surface area contributed by atoms with E-state index in [2.05, 4.69) is 243 Å². The molecule has 6 nitrogen and oxygen atoms in total. The molecular weight excluding hydrogens is 1010 g/mol. The number of fused-ring (bicyclic) bond motifs is 9. The molecular formula is C66H46N6SeSi2. The molecule has 0 spiro atoms. The Labute approximate surface area is 442 Å². The van der Waals surface area contributed by atoms with Gasteiger partial charge in [0.2, 0.25) is 0 Å². The average Bonchev–Trinajstić information content (AvgIpc) is 3.96. The molecule has 8 aromatic carbocycles. The molecule has 9 heteroatoms. The fourth-order valence-electron chi connectivity index (χ4n) is 13.0. The van der Waals surface area contributed by atoms with Gasteiger partial charge in [0.05, 0.1) is 0 Å². The standard InChI is InChI=1S/C66H46N6SeSi2/c1-43-28-30-51-53(35-43)65(71-55-20-4-8-24-61(55)74(45-15-11-31-67-39-45,46-16-12-32-68-40-46)62-25-9-5-21-56(62)71)50-29-27-44(2)36-54(50)66(51)72-57-22-6-10-26-63(57)75(47-17-13-33-69-41-47,48-18-14-34-70-42-48)64-37-52-49-19-3-7-23-59(49)73-60(52)38-58(64)72/h3-42H,1-2H3. The summed E-state index contributed by atoms with van der Waals surface area (Å²) in [5.74, 6) is 0. The predicted octanol–water partition coefficient (Wildman–Crippen LogP) is 9.87. The first-order valence-electron chi connectivity index (χ1n) is 25.5. The molecule has 13 aromatic rings. The van der Waals surface area contributed by atoms with Gasteiger partial charge in [-0.2, -0.15) is 0 Å². The summed E-state index contributed by atoms with van der Waals surface area (Å²) >= 11 is 0.122. The monoisotopic (exact) mass is 1060 g/mol. The molecule has 2 aliphatic rings. The molecule has 0 amide bonds. The number of pyridine rings is 4. The van der Waals surface area contributed by atoms with Crippen LogP contribution in [0.1, 0.15) is 11.1 Å². The van der Waals surface area contributed by atoms with E-state index in [1.54, 1.807) is 0 Å². The number of hydrogen-bond donors (Lipinski definition) is 0. The molecule has 0 fully saturated rings. The van der Waals surface area contributed by atoms with Crippen molar-refractivity contribution in [3.63, 3.8) is 0 Å². The van der Waals surface area contributed by atoms with Gasteiger partial charge >= 0.3 is 364 Å². The Morgan fingerprint density at radius 2 is 0.733 bits per heavy atom. The van der Waals surface area contributed by atoms with Crippen LogP contribution < -0.4 is 51.3 Å². The third-order valence-electron chi connectivity index (χ3n) is 16.0. The maximum absolute atomic E-state index is 4.89. The molecule has 0 bridgehead atoms. The SMILES string of the molecule is Cc1ccc2c(N3c4ccccc4[Si](c4cccnc4)(c4cccnc4)c4cc5c(cc43)[se]c3ccccc35)c3cc(C)ccc3c(N3c4ccccc4[Si](c4cccnc4)(c4cccnc4)c4ccccc43)c2c1. The van der Waals surface area contributed by atoms with Crippen molar-refractivity contribution >= 4 is 147 Å². The molecule has 0 saturated carbocycles. The van der Waals surface area contributed by atoms with Crippen molar-refractivity contribution in [3.8, 4) is 0 Å². The first kappa shape index (κ1) is 44.0.